The molecule has 0 saturated carbocycles. The summed E-state index contributed by atoms with van der Waals surface area (Å²) in [5.41, 5.74) is 0. The number of carbonyl (C=O) groups excluding carboxylic acids is 4. The van der Waals surface area contributed by atoms with E-state index in [0.717, 1.165) is 6.92 Å². The number of amides is 1. The Bertz CT molecular complexity index is 481. The highest BCUT2D eigenvalue weighted by atomic mass is 16.7. The first-order valence-corrected chi connectivity index (χ1v) is 7.15. The molecule has 0 radical (unpaired) electrons. The summed E-state index contributed by atoms with van der Waals surface area (Å²) in [6.45, 7) is 3.29. The normalized spacial score (nSPS) is 29.2. The molecular formula is C14H21NO9. The van der Waals surface area contributed by atoms with Crippen LogP contribution in [0.4, 0.5) is 0 Å². The third kappa shape index (κ3) is 5.46. The van der Waals surface area contributed by atoms with Crippen molar-refractivity contribution >= 4 is 24.3 Å². The number of nitrogens with one attached hydrogen (secondary N) is 1. The molecule has 1 aliphatic rings. The first kappa shape index (κ1) is 19.8. The van der Waals surface area contributed by atoms with Gasteiger partial charge >= 0.3 is 17.9 Å². The summed E-state index contributed by atoms with van der Waals surface area (Å²) in [5, 5.41) is 2.42. The molecule has 1 N–H and O–H groups in total. The minimum Gasteiger partial charge on any atom is -0.463 e. The Morgan fingerprint density at radius 3 is 2.08 bits per heavy atom. The Labute approximate surface area is 138 Å². The van der Waals surface area contributed by atoms with Crippen LogP contribution in [0, 0.1) is 0 Å². The monoisotopic (exact) mass is 347 g/mol. The molecule has 0 aromatic heterocycles. The summed E-state index contributed by atoms with van der Waals surface area (Å²) in [4.78, 5) is 44.7. The van der Waals surface area contributed by atoms with Gasteiger partial charge in [0.2, 0.25) is 6.41 Å². The van der Waals surface area contributed by atoms with Gasteiger partial charge in [0.05, 0.1) is 0 Å². The molecule has 1 rings (SSSR count). The summed E-state index contributed by atoms with van der Waals surface area (Å²) in [5.74, 6) is -1.88. The van der Waals surface area contributed by atoms with Gasteiger partial charge in [0.25, 0.3) is 0 Å². The lowest BCUT2D eigenvalue weighted by molar-refractivity contribution is -0.271. The highest BCUT2D eigenvalue weighted by molar-refractivity contribution is 5.68. The topological polar surface area (TPSA) is 126 Å². The van der Waals surface area contributed by atoms with Crippen LogP contribution in [0.2, 0.25) is 0 Å². The van der Waals surface area contributed by atoms with Gasteiger partial charge in [-0.3, -0.25) is 19.2 Å². The second-order valence-corrected chi connectivity index (χ2v) is 5.04. The molecule has 0 bridgehead atoms. The smallest absolute Gasteiger partial charge is 0.303 e. The van der Waals surface area contributed by atoms with Crippen LogP contribution < -0.4 is 5.32 Å². The van der Waals surface area contributed by atoms with Crippen molar-refractivity contribution in [1.82, 2.24) is 5.32 Å². The lowest BCUT2D eigenvalue weighted by Crippen LogP contribution is -2.65. The summed E-state index contributed by atoms with van der Waals surface area (Å²) in [6.07, 6.45) is -3.76. The van der Waals surface area contributed by atoms with Gasteiger partial charge in [0.15, 0.2) is 18.5 Å². The molecule has 136 valence electrons. The van der Waals surface area contributed by atoms with Crippen LogP contribution in [-0.4, -0.2) is 68.7 Å². The van der Waals surface area contributed by atoms with E-state index in [-0.39, 0.29) is 6.61 Å². The van der Waals surface area contributed by atoms with Gasteiger partial charge in [0.1, 0.15) is 18.8 Å². The average Bonchev–Trinajstić information content (AvgIpc) is 2.48. The molecule has 0 unspecified atom stereocenters. The molecule has 0 spiro atoms. The number of esters is 3. The van der Waals surface area contributed by atoms with Gasteiger partial charge < -0.3 is 29.0 Å². The molecule has 1 aliphatic heterocycles. The van der Waals surface area contributed by atoms with Crippen LogP contribution in [0.3, 0.4) is 0 Å². The molecule has 1 amide bonds. The fourth-order valence-corrected chi connectivity index (χ4v) is 2.36. The van der Waals surface area contributed by atoms with Gasteiger partial charge in [-0.25, -0.2) is 0 Å². The number of methoxy groups -OCH3 is 1. The van der Waals surface area contributed by atoms with Gasteiger partial charge in [-0.2, -0.15) is 0 Å². The highest BCUT2D eigenvalue weighted by Gasteiger charge is 2.50. The summed E-state index contributed by atoms with van der Waals surface area (Å²) in [6, 6.07) is -0.922. The zero-order valence-electron chi connectivity index (χ0n) is 13.8. The SMILES string of the molecule is CO[C@@H]1O[C@H](COC(C)=O)[C@@H](OC(C)=O)[C@H](OC(C)=O)[C@H]1NC=O. The van der Waals surface area contributed by atoms with Gasteiger partial charge in [-0.1, -0.05) is 0 Å². The van der Waals surface area contributed by atoms with Crippen molar-refractivity contribution in [3.05, 3.63) is 0 Å². The number of hydrogen-bond acceptors (Lipinski definition) is 9. The second-order valence-electron chi connectivity index (χ2n) is 5.04. The number of rotatable bonds is 7. The van der Waals surface area contributed by atoms with Crippen molar-refractivity contribution in [2.24, 2.45) is 0 Å². The second kappa shape index (κ2) is 9.18. The van der Waals surface area contributed by atoms with E-state index >= 15 is 0 Å². The molecule has 0 aliphatic carbocycles. The summed E-state index contributed by atoms with van der Waals surface area (Å²) in [7, 11) is 1.32. The summed E-state index contributed by atoms with van der Waals surface area (Å²) < 4.78 is 26.0. The van der Waals surface area contributed by atoms with Gasteiger partial charge in [-0.05, 0) is 0 Å². The molecule has 0 aromatic carbocycles. The van der Waals surface area contributed by atoms with Crippen LogP contribution in [0.25, 0.3) is 0 Å². The third-order valence-electron chi connectivity index (χ3n) is 3.19. The molecular weight excluding hydrogens is 326 g/mol. The quantitative estimate of drug-likeness (QED) is 0.347. The largest absolute Gasteiger partial charge is 0.463 e. The van der Waals surface area contributed by atoms with E-state index in [1.54, 1.807) is 0 Å². The van der Waals surface area contributed by atoms with Gasteiger partial charge in [-0.15, -0.1) is 0 Å². The third-order valence-corrected chi connectivity index (χ3v) is 3.19. The number of hydrogen-bond donors (Lipinski definition) is 1. The zero-order chi connectivity index (χ0) is 18.3. The molecule has 10 heteroatoms. The van der Waals surface area contributed by atoms with Crippen molar-refractivity contribution < 1.29 is 42.9 Å². The molecule has 1 heterocycles. The summed E-state index contributed by atoms with van der Waals surface area (Å²) >= 11 is 0. The zero-order valence-corrected chi connectivity index (χ0v) is 13.8. The number of ether oxygens (including phenoxy) is 5. The van der Waals surface area contributed by atoms with E-state index in [0.29, 0.717) is 6.41 Å². The first-order chi connectivity index (χ1) is 11.3. The predicted octanol–water partition coefficient (Wildman–Crippen LogP) is -1.10. The predicted molar refractivity (Wildman–Crippen MR) is 76.4 cm³/mol. The van der Waals surface area contributed by atoms with Gasteiger partial charge in [0, 0.05) is 27.9 Å². The van der Waals surface area contributed by atoms with Crippen LogP contribution in [0.1, 0.15) is 20.8 Å². The molecule has 10 nitrogen and oxygen atoms in total. The molecule has 24 heavy (non-hydrogen) atoms. The Hall–Kier alpha value is -2.20. The van der Waals surface area contributed by atoms with E-state index in [2.05, 4.69) is 5.32 Å². The van der Waals surface area contributed by atoms with E-state index in [9.17, 15) is 19.2 Å². The van der Waals surface area contributed by atoms with E-state index in [1.165, 1.54) is 21.0 Å². The minimum absolute atomic E-state index is 0.251. The van der Waals surface area contributed by atoms with E-state index in [4.69, 9.17) is 23.7 Å². The Morgan fingerprint density at radius 2 is 1.62 bits per heavy atom. The van der Waals surface area contributed by atoms with Crippen molar-refractivity contribution in [2.75, 3.05) is 13.7 Å². The van der Waals surface area contributed by atoms with Crippen LogP contribution in [0.15, 0.2) is 0 Å². The van der Waals surface area contributed by atoms with Crippen LogP contribution in [-0.2, 0) is 42.9 Å². The minimum atomic E-state index is -1.10. The lowest BCUT2D eigenvalue weighted by Gasteiger charge is -2.44. The Morgan fingerprint density at radius 1 is 1.04 bits per heavy atom. The maximum Gasteiger partial charge on any atom is 0.303 e. The van der Waals surface area contributed by atoms with Crippen molar-refractivity contribution in [1.29, 1.82) is 0 Å². The van der Waals surface area contributed by atoms with Crippen LogP contribution >= 0.6 is 0 Å². The molecule has 0 aromatic rings. The van der Waals surface area contributed by atoms with Crippen molar-refractivity contribution in [2.45, 2.75) is 51.4 Å². The fourth-order valence-electron chi connectivity index (χ4n) is 2.36. The average molecular weight is 347 g/mol. The maximum absolute atomic E-state index is 11.4. The van der Waals surface area contributed by atoms with E-state index in [1.807, 2.05) is 0 Å². The van der Waals surface area contributed by atoms with Crippen molar-refractivity contribution in [3.63, 3.8) is 0 Å². The molecule has 1 fully saturated rings. The lowest BCUT2D eigenvalue weighted by atomic mass is 9.96. The number of carbonyl (C=O) groups is 4. The fraction of sp³-hybridized carbons (Fsp3) is 0.714. The van der Waals surface area contributed by atoms with Crippen LogP contribution in [0.5, 0.6) is 0 Å². The highest BCUT2D eigenvalue weighted by Crippen LogP contribution is 2.27. The maximum atomic E-state index is 11.4. The Kier molecular flexibility index (Phi) is 7.59. The van der Waals surface area contributed by atoms with E-state index < -0.39 is 48.6 Å². The van der Waals surface area contributed by atoms with Crippen molar-refractivity contribution in [3.8, 4) is 0 Å². The first-order valence-electron chi connectivity index (χ1n) is 7.15. The molecule has 1 saturated heterocycles. The Balaban J connectivity index is 3.13. The molecule has 5 atom stereocenters. The standard InChI is InChI=1S/C14H21NO9/c1-7(17)21-5-10-12(22-8(2)18)13(23-9(3)19)11(15-6-16)14(20-4)24-10/h6,10-14H,5H2,1-4H3,(H,15,16)/t10-,11-,12-,13-,14-/m1/s1.